The van der Waals surface area contributed by atoms with Crippen molar-refractivity contribution in [2.24, 2.45) is 5.92 Å². The van der Waals surface area contributed by atoms with Gasteiger partial charge < -0.3 is 5.73 Å². The third-order valence-corrected chi connectivity index (χ3v) is 4.04. The van der Waals surface area contributed by atoms with Crippen molar-refractivity contribution < 1.29 is 0 Å². The second-order valence-electron chi connectivity index (χ2n) is 4.03. The lowest BCUT2D eigenvalue weighted by molar-refractivity contribution is 0.623. The van der Waals surface area contributed by atoms with Crippen LogP contribution >= 0.6 is 11.8 Å². The molecule has 0 atom stereocenters. The molecule has 1 aliphatic carbocycles. The second kappa shape index (κ2) is 4.74. The highest BCUT2D eigenvalue weighted by atomic mass is 32.2. The van der Waals surface area contributed by atoms with Crippen LogP contribution in [0.3, 0.4) is 0 Å². The minimum atomic E-state index is 0.876. The minimum Gasteiger partial charge on any atom is -0.399 e. The third kappa shape index (κ3) is 2.68. The molecule has 0 bridgehead atoms. The van der Waals surface area contributed by atoms with Crippen molar-refractivity contribution in [3.63, 3.8) is 0 Å². The average molecular weight is 207 g/mol. The van der Waals surface area contributed by atoms with Gasteiger partial charge in [-0.05, 0) is 37.0 Å². The summed E-state index contributed by atoms with van der Waals surface area (Å²) in [5.74, 6) is 2.21. The van der Waals surface area contributed by atoms with Gasteiger partial charge in [0.15, 0.2) is 0 Å². The van der Waals surface area contributed by atoms with Crippen molar-refractivity contribution in [2.75, 3.05) is 11.5 Å². The zero-order valence-corrected chi connectivity index (χ0v) is 9.22. The van der Waals surface area contributed by atoms with E-state index >= 15 is 0 Å². The fourth-order valence-corrected chi connectivity index (χ4v) is 3.15. The summed E-state index contributed by atoms with van der Waals surface area (Å²) in [6.45, 7) is 0. The lowest BCUT2D eigenvalue weighted by Crippen LogP contribution is -1.96. The van der Waals surface area contributed by atoms with Crippen molar-refractivity contribution in [3.8, 4) is 0 Å². The SMILES string of the molecule is Nc1cccc(SCC2CCCC2)c1. The predicted molar refractivity (Wildman–Crippen MR) is 63.5 cm³/mol. The first-order chi connectivity index (χ1) is 6.84. The fourth-order valence-electron chi connectivity index (χ4n) is 2.00. The number of nitrogens with two attached hydrogens (primary N) is 1. The lowest BCUT2D eigenvalue weighted by Gasteiger charge is -2.08. The van der Waals surface area contributed by atoms with E-state index in [2.05, 4.69) is 12.1 Å². The Balaban J connectivity index is 1.85. The predicted octanol–water partition coefficient (Wildman–Crippen LogP) is 3.55. The average Bonchev–Trinajstić information content (AvgIpc) is 2.67. The van der Waals surface area contributed by atoms with Gasteiger partial charge in [0.25, 0.3) is 0 Å². The summed E-state index contributed by atoms with van der Waals surface area (Å²) < 4.78 is 0. The van der Waals surface area contributed by atoms with Crippen LogP contribution in [0.1, 0.15) is 25.7 Å². The smallest absolute Gasteiger partial charge is 0.0325 e. The molecule has 2 rings (SSSR count). The van der Waals surface area contributed by atoms with Gasteiger partial charge in [0.2, 0.25) is 0 Å². The Morgan fingerprint density at radius 3 is 2.79 bits per heavy atom. The Bertz CT molecular complexity index is 292. The monoisotopic (exact) mass is 207 g/mol. The van der Waals surface area contributed by atoms with Crippen LogP contribution in [0.15, 0.2) is 29.2 Å². The fraction of sp³-hybridized carbons (Fsp3) is 0.500. The number of rotatable bonds is 3. The van der Waals surface area contributed by atoms with Crippen molar-refractivity contribution in [1.82, 2.24) is 0 Å². The molecule has 0 aromatic heterocycles. The van der Waals surface area contributed by atoms with Gasteiger partial charge in [0.1, 0.15) is 0 Å². The van der Waals surface area contributed by atoms with Crippen LogP contribution in [0.5, 0.6) is 0 Å². The number of thioether (sulfide) groups is 1. The first kappa shape index (κ1) is 9.91. The summed E-state index contributed by atoms with van der Waals surface area (Å²) in [7, 11) is 0. The summed E-state index contributed by atoms with van der Waals surface area (Å²) in [4.78, 5) is 1.32. The van der Waals surface area contributed by atoms with E-state index < -0.39 is 0 Å². The van der Waals surface area contributed by atoms with Gasteiger partial charge in [0.05, 0.1) is 0 Å². The van der Waals surface area contributed by atoms with E-state index in [1.807, 2.05) is 23.9 Å². The quantitative estimate of drug-likeness (QED) is 0.606. The summed E-state index contributed by atoms with van der Waals surface area (Å²) in [6.07, 6.45) is 5.72. The molecule has 1 aromatic rings. The van der Waals surface area contributed by atoms with E-state index in [1.165, 1.54) is 36.3 Å². The summed E-state index contributed by atoms with van der Waals surface area (Å²) >= 11 is 1.95. The maximum absolute atomic E-state index is 5.73. The third-order valence-electron chi connectivity index (χ3n) is 2.82. The topological polar surface area (TPSA) is 26.0 Å². The molecule has 2 N–H and O–H groups in total. The van der Waals surface area contributed by atoms with E-state index in [0.29, 0.717) is 0 Å². The minimum absolute atomic E-state index is 0.876. The van der Waals surface area contributed by atoms with Gasteiger partial charge in [0, 0.05) is 16.3 Å². The molecule has 1 nitrogen and oxygen atoms in total. The Labute approximate surface area is 90.1 Å². The van der Waals surface area contributed by atoms with E-state index in [0.717, 1.165) is 11.6 Å². The van der Waals surface area contributed by atoms with E-state index in [9.17, 15) is 0 Å². The van der Waals surface area contributed by atoms with E-state index in [1.54, 1.807) is 0 Å². The number of benzene rings is 1. The maximum Gasteiger partial charge on any atom is 0.0325 e. The van der Waals surface area contributed by atoms with Gasteiger partial charge in [-0.1, -0.05) is 18.9 Å². The van der Waals surface area contributed by atoms with E-state index in [4.69, 9.17) is 5.73 Å². The Hall–Kier alpha value is -0.630. The van der Waals surface area contributed by atoms with Crippen LogP contribution in [0.2, 0.25) is 0 Å². The van der Waals surface area contributed by atoms with Gasteiger partial charge in [-0.25, -0.2) is 0 Å². The molecule has 1 fully saturated rings. The highest BCUT2D eigenvalue weighted by molar-refractivity contribution is 7.99. The molecule has 0 aliphatic heterocycles. The standard InChI is InChI=1S/C12H17NS/c13-11-6-3-7-12(8-11)14-9-10-4-1-2-5-10/h3,6-8,10H,1-2,4-5,9,13H2. The van der Waals surface area contributed by atoms with Gasteiger partial charge >= 0.3 is 0 Å². The molecule has 0 amide bonds. The second-order valence-corrected chi connectivity index (χ2v) is 5.13. The van der Waals surface area contributed by atoms with Crippen LogP contribution in [0.25, 0.3) is 0 Å². The van der Waals surface area contributed by atoms with Crippen molar-refractivity contribution in [3.05, 3.63) is 24.3 Å². The molecular weight excluding hydrogens is 190 g/mol. The molecule has 2 heteroatoms. The first-order valence-corrected chi connectivity index (χ1v) is 6.31. The molecule has 14 heavy (non-hydrogen) atoms. The largest absolute Gasteiger partial charge is 0.399 e. The molecule has 1 aliphatic rings. The van der Waals surface area contributed by atoms with Crippen molar-refractivity contribution >= 4 is 17.4 Å². The summed E-state index contributed by atoms with van der Waals surface area (Å²) in [5.41, 5.74) is 6.61. The Kier molecular flexibility index (Phi) is 3.35. The molecule has 1 saturated carbocycles. The Morgan fingerprint density at radius 2 is 2.07 bits per heavy atom. The first-order valence-electron chi connectivity index (χ1n) is 5.33. The summed E-state index contributed by atoms with van der Waals surface area (Å²) in [5, 5.41) is 0. The number of hydrogen-bond donors (Lipinski definition) is 1. The van der Waals surface area contributed by atoms with Crippen LogP contribution < -0.4 is 5.73 Å². The normalized spacial score (nSPS) is 17.4. The Morgan fingerprint density at radius 1 is 1.29 bits per heavy atom. The molecule has 0 unspecified atom stereocenters. The van der Waals surface area contributed by atoms with Crippen LogP contribution in [-0.4, -0.2) is 5.75 Å². The molecule has 0 heterocycles. The number of anilines is 1. The van der Waals surface area contributed by atoms with Gasteiger partial charge in [-0.2, -0.15) is 0 Å². The van der Waals surface area contributed by atoms with E-state index in [-0.39, 0.29) is 0 Å². The molecule has 0 saturated heterocycles. The lowest BCUT2D eigenvalue weighted by atomic mass is 10.1. The number of nitrogen functional groups attached to an aromatic ring is 1. The molecule has 76 valence electrons. The molecular formula is C12H17NS. The summed E-state index contributed by atoms with van der Waals surface area (Å²) in [6, 6.07) is 8.20. The van der Waals surface area contributed by atoms with Crippen LogP contribution in [-0.2, 0) is 0 Å². The molecule has 1 aromatic carbocycles. The van der Waals surface area contributed by atoms with Crippen LogP contribution in [0.4, 0.5) is 5.69 Å². The number of hydrogen-bond acceptors (Lipinski definition) is 2. The van der Waals surface area contributed by atoms with Gasteiger partial charge in [-0.3, -0.25) is 0 Å². The zero-order chi connectivity index (χ0) is 9.80. The van der Waals surface area contributed by atoms with Gasteiger partial charge in [-0.15, -0.1) is 11.8 Å². The highest BCUT2D eigenvalue weighted by Gasteiger charge is 2.14. The highest BCUT2D eigenvalue weighted by Crippen LogP contribution is 2.31. The van der Waals surface area contributed by atoms with Crippen molar-refractivity contribution in [1.29, 1.82) is 0 Å². The molecule has 0 radical (unpaired) electrons. The zero-order valence-electron chi connectivity index (χ0n) is 8.41. The molecule has 0 spiro atoms. The van der Waals surface area contributed by atoms with Crippen molar-refractivity contribution in [2.45, 2.75) is 30.6 Å². The van der Waals surface area contributed by atoms with Crippen LogP contribution in [0, 0.1) is 5.92 Å². The maximum atomic E-state index is 5.73.